The summed E-state index contributed by atoms with van der Waals surface area (Å²) in [6.45, 7) is 2.27. The quantitative estimate of drug-likeness (QED) is 0.212. The van der Waals surface area contributed by atoms with Crippen LogP contribution in [0.1, 0.15) is 110 Å². The fourth-order valence-corrected chi connectivity index (χ4v) is 3.70. The van der Waals surface area contributed by atoms with Gasteiger partial charge in [-0.25, -0.2) is 8.42 Å². The minimum atomic E-state index is -3.27. The first-order valence-electron chi connectivity index (χ1n) is 9.48. The van der Waals surface area contributed by atoms with Crippen molar-refractivity contribution in [2.24, 2.45) is 0 Å². The van der Waals surface area contributed by atoms with Crippen LogP contribution in [-0.2, 0) is 9.05 Å². The third kappa shape index (κ3) is 20.2. The molecule has 134 valence electrons. The predicted octanol–water partition coefficient (Wildman–Crippen LogP) is 6.82. The first-order chi connectivity index (χ1) is 10.6. The summed E-state index contributed by atoms with van der Waals surface area (Å²) in [4.78, 5) is 0. The van der Waals surface area contributed by atoms with Gasteiger partial charge in [0.05, 0.1) is 5.75 Å². The lowest BCUT2D eigenvalue weighted by Crippen LogP contribution is -1.96. The summed E-state index contributed by atoms with van der Waals surface area (Å²) in [5.74, 6) is 0.132. The third-order valence-corrected chi connectivity index (χ3v) is 5.48. The van der Waals surface area contributed by atoms with E-state index < -0.39 is 9.05 Å². The summed E-state index contributed by atoms with van der Waals surface area (Å²) in [6, 6.07) is 0. The highest BCUT2D eigenvalue weighted by molar-refractivity contribution is 8.13. The minimum absolute atomic E-state index is 0.132. The lowest BCUT2D eigenvalue weighted by Gasteiger charge is -2.03. The highest BCUT2D eigenvalue weighted by Crippen LogP contribution is 2.14. The number of hydrogen-bond donors (Lipinski definition) is 0. The average molecular weight is 353 g/mol. The summed E-state index contributed by atoms with van der Waals surface area (Å²) in [7, 11) is 1.90. The Morgan fingerprint density at radius 2 is 0.818 bits per heavy atom. The molecular weight excluding hydrogens is 316 g/mol. The molecular formula is C18H37ClO2S. The van der Waals surface area contributed by atoms with Gasteiger partial charge in [0, 0.05) is 10.7 Å². The van der Waals surface area contributed by atoms with E-state index in [1.165, 1.54) is 83.5 Å². The van der Waals surface area contributed by atoms with Crippen LogP contribution in [-0.4, -0.2) is 14.2 Å². The SMILES string of the molecule is CCCCCCCCCCCCCCCCCCS(=O)(=O)Cl. The molecule has 2 nitrogen and oxygen atoms in total. The Bertz CT molecular complexity index is 315. The van der Waals surface area contributed by atoms with Gasteiger partial charge in [-0.3, -0.25) is 0 Å². The Morgan fingerprint density at radius 1 is 0.545 bits per heavy atom. The van der Waals surface area contributed by atoms with Crippen LogP contribution in [0.15, 0.2) is 0 Å². The first kappa shape index (κ1) is 22.2. The Balaban J connectivity index is 3.03. The number of halogens is 1. The zero-order valence-corrected chi connectivity index (χ0v) is 16.2. The molecule has 0 aliphatic carbocycles. The fourth-order valence-electron chi connectivity index (χ4n) is 2.82. The molecule has 0 aliphatic heterocycles. The zero-order chi connectivity index (χ0) is 16.5. The van der Waals surface area contributed by atoms with Crippen LogP contribution in [0, 0.1) is 0 Å². The molecule has 0 N–H and O–H groups in total. The molecule has 22 heavy (non-hydrogen) atoms. The highest BCUT2D eigenvalue weighted by atomic mass is 35.7. The van der Waals surface area contributed by atoms with Crippen molar-refractivity contribution < 1.29 is 8.42 Å². The summed E-state index contributed by atoms with van der Waals surface area (Å²) in [6.07, 6.45) is 20.7. The van der Waals surface area contributed by atoms with Gasteiger partial charge in [-0.1, -0.05) is 103 Å². The molecule has 0 aromatic heterocycles. The molecule has 0 saturated heterocycles. The molecule has 0 unspecified atom stereocenters. The average Bonchev–Trinajstić information content (AvgIpc) is 2.45. The Kier molecular flexibility index (Phi) is 16.3. The number of hydrogen-bond acceptors (Lipinski definition) is 2. The maximum absolute atomic E-state index is 10.7. The van der Waals surface area contributed by atoms with E-state index in [1.807, 2.05) is 0 Å². The van der Waals surface area contributed by atoms with Crippen LogP contribution >= 0.6 is 10.7 Å². The van der Waals surface area contributed by atoms with Gasteiger partial charge in [-0.2, -0.15) is 0 Å². The zero-order valence-electron chi connectivity index (χ0n) is 14.6. The van der Waals surface area contributed by atoms with Crippen molar-refractivity contribution in [1.82, 2.24) is 0 Å². The topological polar surface area (TPSA) is 34.1 Å². The molecule has 0 saturated carbocycles. The third-order valence-electron chi connectivity index (χ3n) is 4.24. The van der Waals surface area contributed by atoms with Crippen LogP contribution in [0.5, 0.6) is 0 Å². The van der Waals surface area contributed by atoms with E-state index in [0.717, 1.165) is 12.8 Å². The molecule has 0 aromatic rings. The molecule has 0 heterocycles. The summed E-state index contributed by atoms with van der Waals surface area (Å²) >= 11 is 0. The standard InChI is InChI=1S/C18H37ClO2S/c1-2-3-4-5-6-7-8-9-10-11-12-13-14-15-16-17-18-22(19,20)21/h2-18H2,1H3. The number of unbranched alkanes of at least 4 members (excludes halogenated alkanes) is 15. The van der Waals surface area contributed by atoms with E-state index in [4.69, 9.17) is 10.7 Å². The normalized spacial score (nSPS) is 11.9. The van der Waals surface area contributed by atoms with Gasteiger partial charge in [0.1, 0.15) is 0 Å². The second-order valence-electron chi connectivity index (χ2n) is 6.55. The Labute approximate surface area is 143 Å². The van der Waals surface area contributed by atoms with Crippen molar-refractivity contribution >= 4 is 19.7 Å². The monoisotopic (exact) mass is 352 g/mol. The smallest absolute Gasteiger partial charge is 0.212 e. The van der Waals surface area contributed by atoms with E-state index in [2.05, 4.69) is 6.92 Å². The predicted molar refractivity (Wildman–Crippen MR) is 99.2 cm³/mol. The van der Waals surface area contributed by atoms with Crippen LogP contribution in [0.25, 0.3) is 0 Å². The second kappa shape index (κ2) is 16.1. The van der Waals surface area contributed by atoms with Gasteiger partial charge >= 0.3 is 0 Å². The lowest BCUT2D eigenvalue weighted by molar-refractivity contribution is 0.531. The van der Waals surface area contributed by atoms with Crippen molar-refractivity contribution in [3.63, 3.8) is 0 Å². The maximum atomic E-state index is 10.7. The molecule has 0 spiro atoms. The lowest BCUT2D eigenvalue weighted by atomic mass is 10.0. The van der Waals surface area contributed by atoms with Gasteiger partial charge in [0.2, 0.25) is 9.05 Å². The molecule has 0 atom stereocenters. The van der Waals surface area contributed by atoms with E-state index in [1.54, 1.807) is 0 Å². The Morgan fingerprint density at radius 3 is 1.09 bits per heavy atom. The molecule has 0 radical (unpaired) electrons. The molecule has 0 bridgehead atoms. The van der Waals surface area contributed by atoms with E-state index >= 15 is 0 Å². The van der Waals surface area contributed by atoms with Gasteiger partial charge < -0.3 is 0 Å². The molecule has 0 aromatic carbocycles. The first-order valence-corrected chi connectivity index (χ1v) is 12.0. The largest absolute Gasteiger partial charge is 0.232 e. The fraction of sp³-hybridized carbons (Fsp3) is 1.00. The van der Waals surface area contributed by atoms with Crippen molar-refractivity contribution in [2.45, 2.75) is 110 Å². The van der Waals surface area contributed by atoms with Crippen LogP contribution in [0.3, 0.4) is 0 Å². The molecule has 0 amide bonds. The molecule has 0 fully saturated rings. The van der Waals surface area contributed by atoms with E-state index in [0.29, 0.717) is 6.42 Å². The van der Waals surface area contributed by atoms with Gasteiger partial charge in [0.15, 0.2) is 0 Å². The molecule has 0 aliphatic rings. The summed E-state index contributed by atoms with van der Waals surface area (Å²) in [5.41, 5.74) is 0. The van der Waals surface area contributed by atoms with E-state index in [-0.39, 0.29) is 5.75 Å². The summed E-state index contributed by atoms with van der Waals surface area (Å²) < 4.78 is 21.5. The van der Waals surface area contributed by atoms with Crippen molar-refractivity contribution in [3.05, 3.63) is 0 Å². The van der Waals surface area contributed by atoms with Crippen LogP contribution in [0.2, 0.25) is 0 Å². The van der Waals surface area contributed by atoms with Gasteiger partial charge in [-0.15, -0.1) is 0 Å². The van der Waals surface area contributed by atoms with Crippen molar-refractivity contribution in [1.29, 1.82) is 0 Å². The van der Waals surface area contributed by atoms with Gasteiger partial charge in [-0.05, 0) is 6.42 Å². The minimum Gasteiger partial charge on any atom is -0.212 e. The second-order valence-corrected chi connectivity index (χ2v) is 9.44. The molecule has 4 heteroatoms. The van der Waals surface area contributed by atoms with E-state index in [9.17, 15) is 8.42 Å². The number of rotatable bonds is 17. The highest BCUT2D eigenvalue weighted by Gasteiger charge is 2.03. The molecule has 0 rings (SSSR count). The van der Waals surface area contributed by atoms with Crippen LogP contribution in [0.4, 0.5) is 0 Å². The maximum Gasteiger partial charge on any atom is 0.232 e. The van der Waals surface area contributed by atoms with Gasteiger partial charge in [0.25, 0.3) is 0 Å². The summed E-state index contributed by atoms with van der Waals surface area (Å²) in [5, 5.41) is 0. The van der Waals surface area contributed by atoms with Crippen LogP contribution < -0.4 is 0 Å². The Hall–Kier alpha value is 0.240. The van der Waals surface area contributed by atoms with Crippen molar-refractivity contribution in [2.75, 3.05) is 5.75 Å². The van der Waals surface area contributed by atoms with Crippen molar-refractivity contribution in [3.8, 4) is 0 Å².